The van der Waals surface area contributed by atoms with Gasteiger partial charge < -0.3 is 10.5 Å². The summed E-state index contributed by atoms with van der Waals surface area (Å²) in [5, 5.41) is 0. The zero-order valence-electron chi connectivity index (χ0n) is 10.2. The smallest absolute Gasteiger partial charge is 0.179 e. The number of hydrogen-bond acceptors (Lipinski definition) is 2. The number of halogens is 3. The van der Waals surface area contributed by atoms with Crippen LogP contribution in [0.2, 0.25) is 0 Å². The maximum Gasteiger partial charge on any atom is 0.179 e. The maximum atomic E-state index is 14.1. The number of rotatable bonds is 4. The van der Waals surface area contributed by atoms with Crippen molar-refractivity contribution in [1.82, 2.24) is 0 Å². The molecule has 0 aliphatic carbocycles. The van der Waals surface area contributed by atoms with Gasteiger partial charge >= 0.3 is 0 Å². The lowest BCUT2D eigenvalue weighted by molar-refractivity contribution is 0.289. The molecule has 0 atom stereocenters. The normalized spacial score (nSPS) is 10.3. The van der Waals surface area contributed by atoms with E-state index < -0.39 is 5.82 Å². The van der Waals surface area contributed by atoms with Crippen molar-refractivity contribution in [2.75, 3.05) is 0 Å². The molecule has 0 amide bonds. The summed E-state index contributed by atoms with van der Waals surface area (Å²) >= 11 is 11.4. The molecule has 0 aliphatic rings. The van der Waals surface area contributed by atoms with E-state index >= 15 is 0 Å². The number of thiocarbonyl (C=S) groups is 1. The van der Waals surface area contributed by atoms with Crippen molar-refractivity contribution < 1.29 is 9.13 Å². The van der Waals surface area contributed by atoms with Crippen molar-refractivity contribution in [3.8, 4) is 5.75 Å². The van der Waals surface area contributed by atoms with E-state index in [-0.39, 0.29) is 21.8 Å². The van der Waals surface area contributed by atoms with Crippen LogP contribution in [-0.2, 0) is 6.61 Å². The average molecular weight is 419 g/mol. The van der Waals surface area contributed by atoms with Crippen LogP contribution in [0.1, 0.15) is 11.1 Å². The van der Waals surface area contributed by atoms with Gasteiger partial charge in [0.25, 0.3) is 0 Å². The second-order valence-corrected chi connectivity index (χ2v) is 6.07. The Bertz CT molecular complexity index is 664. The van der Waals surface area contributed by atoms with Crippen LogP contribution in [-0.4, -0.2) is 4.99 Å². The second kappa shape index (κ2) is 6.65. The van der Waals surface area contributed by atoms with Gasteiger partial charge in [-0.25, -0.2) is 4.39 Å². The number of benzene rings is 2. The largest absolute Gasteiger partial charge is 0.486 e. The highest BCUT2D eigenvalue weighted by molar-refractivity contribution is 9.10. The Morgan fingerprint density at radius 1 is 1.20 bits per heavy atom. The molecule has 0 spiro atoms. The van der Waals surface area contributed by atoms with E-state index in [2.05, 4.69) is 31.9 Å². The first kappa shape index (κ1) is 15.4. The lowest BCUT2D eigenvalue weighted by atomic mass is 10.2. The van der Waals surface area contributed by atoms with E-state index in [9.17, 15) is 4.39 Å². The average Bonchev–Trinajstić information content (AvgIpc) is 2.41. The topological polar surface area (TPSA) is 35.2 Å². The standard InChI is InChI=1S/C14H10Br2FNOS/c15-10-4-2-1-3-8(10)7-19-11-6-5-9(14(18)20)12(16)13(11)17/h1-6H,7H2,(H2,18,20). The molecular weight excluding hydrogens is 409 g/mol. The molecule has 2 rings (SSSR count). The zero-order chi connectivity index (χ0) is 14.7. The van der Waals surface area contributed by atoms with Crippen LogP contribution >= 0.6 is 44.1 Å². The Balaban J connectivity index is 2.21. The molecule has 2 nitrogen and oxygen atoms in total. The van der Waals surface area contributed by atoms with Crippen LogP contribution in [0.4, 0.5) is 4.39 Å². The van der Waals surface area contributed by atoms with Crippen molar-refractivity contribution in [2.45, 2.75) is 6.61 Å². The van der Waals surface area contributed by atoms with Crippen molar-refractivity contribution >= 4 is 49.1 Å². The minimum Gasteiger partial charge on any atom is -0.486 e. The maximum absolute atomic E-state index is 14.1. The highest BCUT2D eigenvalue weighted by Gasteiger charge is 2.14. The molecule has 0 bridgehead atoms. The van der Waals surface area contributed by atoms with E-state index in [1.165, 1.54) is 6.07 Å². The summed E-state index contributed by atoms with van der Waals surface area (Å²) in [5.74, 6) is -0.366. The van der Waals surface area contributed by atoms with E-state index in [0.717, 1.165) is 10.0 Å². The van der Waals surface area contributed by atoms with Crippen LogP contribution in [0.15, 0.2) is 45.3 Å². The van der Waals surface area contributed by atoms with Gasteiger partial charge in [-0.15, -0.1) is 0 Å². The third kappa shape index (κ3) is 3.37. The van der Waals surface area contributed by atoms with Gasteiger partial charge in [-0.05, 0) is 34.1 Å². The summed E-state index contributed by atoms with van der Waals surface area (Å²) in [6, 6.07) is 10.8. The van der Waals surface area contributed by atoms with E-state index in [1.54, 1.807) is 6.07 Å². The van der Waals surface area contributed by atoms with Gasteiger partial charge in [0, 0.05) is 15.6 Å². The third-order valence-corrected chi connectivity index (χ3v) is 4.42. The quantitative estimate of drug-likeness (QED) is 0.739. The molecule has 0 saturated heterocycles. The highest BCUT2D eigenvalue weighted by atomic mass is 79.9. The Morgan fingerprint density at radius 3 is 2.55 bits per heavy atom. The molecule has 6 heteroatoms. The Hall–Kier alpha value is -0.980. The summed E-state index contributed by atoms with van der Waals surface area (Å²) in [5.41, 5.74) is 6.89. The van der Waals surface area contributed by atoms with Crippen molar-refractivity contribution in [2.24, 2.45) is 5.73 Å². The Morgan fingerprint density at radius 2 is 1.90 bits per heavy atom. The lowest BCUT2D eigenvalue weighted by Crippen LogP contribution is -2.11. The predicted octanol–water partition coefficient (Wildman–Crippen LogP) is 4.56. The fraction of sp³-hybridized carbons (Fsp3) is 0.0714. The molecule has 20 heavy (non-hydrogen) atoms. The minimum absolute atomic E-state index is 0.133. The van der Waals surface area contributed by atoms with Gasteiger partial charge in [0.1, 0.15) is 11.6 Å². The predicted molar refractivity (Wildman–Crippen MR) is 88.5 cm³/mol. The highest BCUT2D eigenvalue weighted by Crippen LogP contribution is 2.29. The lowest BCUT2D eigenvalue weighted by Gasteiger charge is -2.11. The molecule has 2 aromatic carbocycles. The van der Waals surface area contributed by atoms with Crippen LogP contribution in [0.5, 0.6) is 5.75 Å². The SMILES string of the molecule is NC(=S)c1ccc(OCc2ccccc2Br)c(F)c1Br. The number of ether oxygens (including phenoxy) is 1. The first-order valence-corrected chi connectivity index (χ1v) is 7.64. The molecule has 0 unspecified atom stereocenters. The van der Waals surface area contributed by atoms with Gasteiger partial charge in [0.05, 0.1) is 4.47 Å². The van der Waals surface area contributed by atoms with E-state index in [1.807, 2.05) is 24.3 Å². The molecule has 0 radical (unpaired) electrons. The summed E-state index contributed by atoms with van der Waals surface area (Å²) in [6.07, 6.45) is 0. The first-order chi connectivity index (χ1) is 9.50. The first-order valence-electron chi connectivity index (χ1n) is 5.64. The summed E-state index contributed by atoms with van der Waals surface area (Å²) in [6.45, 7) is 0.261. The van der Waals surface area contributed by atoms with Crippen molar-refractivity contribution in [3.63, 3.8) is 0 Å². The molecule has 0 saturated carbocycles. The summed E-state index contributed by atoms with van der Waals surface area (Å²) in [7, 11) is 0. The molecule has 0 aromatic heterocycles. The molecule has 2 aromatic rings. The van der Waals surface area contributed by atoms with Gasteiger partial charge in [0.2, 0.25) is 0 Å². The number of hydrogen-bond donors (Lipinski definition) is 1. The Labute approximate surface area is 138 Å². The summed E-state index contributed by atoms with van der Waals surface area (Å²) in [4.78, 5) is 0.133. The fourth-order valence-electron chi connectivity index (χ4n) is 1.60. The molecular formula is C14H10Br2FNOS. The second-order valence-electron chi connectivity index (χ2n) is 3.98. The number of nitrogens with two attached hydrogens (primary N) is 1. The summed E-state index contributed by atoms with van der Waals surface area (Å²) < 4.78 is 20.8. The van der Waals surface area contributed by atoms with Crippen LogP contribution < -0.4 is 10.5 Å². The molecule has 104 valence electrons. The van der Waals surface area contributed by atoms with Crippen LogP contribution in [0.3, 0.4) is 0 Å². The molecule has 0 aliphatic heterocycles. The van der Waals surface area contributed by atoms with Crippen molar-refractivity contribution in [1.29, 1.82) is 0 Å². The fourth-order valence-corrected chi connectivity index (χ4v) is 2.85. The third-order valence-electron chi connectivity index (χ3n) is 2.65. The Kier molecular flexibility index (Phi) is 5.12. The van der Waals surface area contributed by atoms with Crippen molar-refractivity contribution in [3.05, 3.63) is 62.3 Å². The van der Waals surface area contributed by atoms with E-state index in [4.69, 9.17) is 22.7 Å². The molecule has 0 fully saturated rings. The van der Waals surface area contributed by atoms with E-state index in [0.29, 0.717) is 5.56 Å². The molecule has 2 N–H and O–H groups in total. The van der Waals surface area contributed by atoms with Gasteiger partial charge in [-0.1, -0.05) is 46.3 Å². The molecule has 0 heterocycles. The zero-order valence-corrected chi connectivity index (χ0v) is 14.2. The van der Waals surface area contributed by atoms with Crippen LogP contribution in [0, 0.1) is 5.82 Å². The van der Waals surface area contributed by atoms with Gasteiger partial charge in [0.15, 0.2) is 11.6 Å². The van der Waals surface area contributed by atoms with Gasteiger partial charge in [-0.3, -0.25) is 0 Å². The van der Waals surface area contributed by atoms with Crippen LogP contribution in [0.25, 0.3) is 0 Å². The monoisotopic (exact) mass is 417 g/mol. The van der Waals surface area contributed by atoms with Gasteiger partial charge in [-0.2, -0.15) is 0 Å². The minimum atomic E-state index is -0.512.